The minimum Gasteiger partial charge on any atom is -0.465 e. The molecule has 0 amide bonds. The van der Waals surface area contributed by atoms with Crippen molar-refractivity contribution >= 4 is 22.4 Å². The van der Waals surface area contributed by atoms with Crippen molar-refractivity contribution < 1.29 is 19.0 Å². The molecule has 0 saturated carbocycles. The summed E-state index contributed by atoms with van der Waals surface area (Å²) in [6.45, 7) is 4.85. The Bertz CT molecular complexity index is 499. The first-order valence-corrected chi connectivity index (χ1v) is 8.19. The van der Waals surface area contributed by atoms with Crippen molar-refractivity contribution in [1.29, 1.82) is 0 Å². The Morgan fingerprint density at radius 1 is 1.52 bits per heavy atom. The number of carbonyl (C=O) groups is 1. The van der Waals surface area contributed by atoms with E-state index in [2.05, 4.69) is 10.3 Å². The van der Waals surface area contributed by atoms with Crippen LogP contribution in [0.2, 0.25) is 0 Å². The molecule has 1 aliphatic carbocycles. The normalized spacial score (nSPS) is 24.6. The molecule has 116 valence electrons. The number of hydrogen-bond acceptors (Lipinski definition) is 7. The second kappa shape index (κ2) is 6.72. The van der Waals surface area contributed by atoms with E-state index in [1.807, 2.05) is 6.92 Å². The van der Waals surface area contributed by atoms with Gasteiger partial charge in [0, 0.05) is 11.4 Å². The number of hydrogen-bond donors (Lipinski definition) is 1. The van der Waals surface area contributed by atoms with Gasteiger partial charge in [0.25, 0.3) is 0 Å². The number of ether oxygens (including phenoxy) is 3. The van der Waals surface area contributed by atoms with Gasteiger partial charge >= 0.3 is 5.97 Å². The summed E-state index contributed by atoms with van der Waals surface area (Å²) in [5.41, 5.74) is 0.891. The maximum Gasteiger partial charge on any atom is 0.315 e. The Morgan fingerprint density at radius 3 is 3.19 bits per heavy atom. The summed E-state index contributed by atoms with van der Waals surface area (Å²) in [6.07, 6.45) is 1.78. The van der Waals surface area contributed by atoms with E-state index >= 15 is 0 Å². The first-order valence-electron chi connectivity index (χ1n) is 7.37. The molecule has 2 unspecified atom stereocenters. The fraction of sp³-hybridized carbons (Fsp3) is 0.714. The molecule has 0 bridgehead atoms. The molecule has 0 radical (unpaired) electrons. The Hall–Kier alpha value is -1.18. The zero-order valence-corrected chi connectivity index (χ0v) is 12.9. The predicted octanol–water partition coefficient (Wildman–Crippen LogP) is 1.56. The summed E-state index contributed by atoms with van der Waals surface area (Å²) in [4.78, 5) is 17.7. The number of rotatable bonds is 5. The summed E-state index contributed by atoms with van der Waals surface area (Å²) < 4.78 is 16.1. The van der Waals surface area contributed by atoms with Crippen LogP contribution in [0.5, 0.6) is 0 Å². The molecule has 1 aliphatic heterocycles. The zero-order valence-electron chi connectivity index (χ0n) is 12.1. The number of fused-ring (bicyclic) bond motifs is 1. The second-order valence-corrected chi connectivity index (χ2v) is 6.20. The minimum absolute atomic E-state index is 0.0679. The fourth-order valence-corrected chi connectivity index (χ4v) is 3.68. The Labute approximate surface area is 127 Å². The van der Waals surface area contributed by atoms with Gasteiger partial charge in [0.15, 0.2) is 5.13 Å². The number of nitrogens with one attached hydrogen (secondary N) is 1. The lowest BCUT2D eigenvalue weighted by Crippen LogP contribution is -2.34. The molecule has 0 aromatic carbocycles. The molecule has 3 rings (SSSR count). The fourth-order valence-electron chi connectivity index (χ4n) is 2.63. The van der Waals surface area contributed by atoms with E-state index in [0.29, 0.717) is 33.0 Å². The van der Waals surface area contributed by atoms with Crippen LogP contribution in [-0.4, -0.2) is 50.0 Å². The summed E-state index contributed by atoms with van der Waals surface area (Å²) >= 11 is 1.62. The van der Waals surface area contributed by atoms with Gasteiger partial charge in [0.1, 0.15) is 5.92 Å². The van der Waals surface area contributed by atoms with Gasteiger partial charge in [-0.25, -0.2) is 4.98 Å². The van der Waals surface area contributed by atoms with Crippen LogP contribution in [0.1, 0.15) is 29.8 Å². The van der Waals surface area contributed by atoms with Crippen molar-refractivity contribution in [3.8, 4) is 0 Å². The number of anilines is 1. The first-order chi connectivity index (χ1) is 10.3. The van der Waals surface area contributed by atoms with Gasteiger partial charge in [0.05, 0.1) is 38.2 Å². The minimum atomic E-state index is -0.194. The molecule has 21 heavy (non-hydrogen) atoms. The van der Waals surface area contributed by atoms with E-state index in [4.69, 9.17) is 14.2 Å². The van der Waals surface area contributed by atoms with Gasteiger partial charge in [-0.3, -0.25) is 4.79 Å². The quantitative estimate of drug-likeness (QED) is 0.832. The molecule has 1 aromatic heterocycles. The predicted molar refractivity (Wildman–Crippen MR) is 78.9 cm³/mol. The summed E-state index contributed by atoms with van der Waals surface area (Å²) in [5.74, 6) is -0.349. The topological polar surface area (TPSA) is 69.7 Å². The van der Waals surface area contributed by atoms with Crippen molar-refractivity contribution in [2.45, 2.75) is 31.8 Å². The Kier molecular flexibility index (Phi) is 4.72. The molecule has 6 nitrogen and oxygen atoms in total. The number of esters is 1. The highest BCUT2D eigenvalue weighted by Gasteiger charge is 2.33. The second-order valence-electron chi connectivity index (χ2n) is 5.12. The van der Waals surface area contributed by atoms with Crippen LogP contribution in [0, 0.1) is 0 Å². The van der Waals surface area contributed by atoms with Gasteiger partial charge in [-0.1, -0.05) is 0 Å². The third kappa shape index (κ3) is 3.36. The van der Waals surface area contributed by atoms with E-state index in [0.717, 1.165) is 23.7 Å². The third-order valence-electron chi connectivity index (χ3n) is 3.65. The van der Waals surface area contributed by atoms with E-state index in [1.165, 1.54) is 4.88 Å². The van der Waals surface area contributed by atoms with Crippen molar-refractivity contribution in [2.24, 2.45) is 0 Å². The summed E-state index contributed by atoms with van der Waals surface area (Å²) in [5, 5.41) is 4.14. The maximum atomic E-state index is 11.9. The summed E-state index contributed by atoms with van der Waals surface area (Å²) in [6, 6.07) is 0. The number of carbonyl (C=O) groups excluding carboxylic acids is 1. The van der Waals surface area contributed by atoms with Crippen molar-refractivity contribution in [2.75, 3.05) is 38.3 Å². The van der Waals surface area contributed by atoms with Gasteiger partial charge in [-0.15, -0.1) is 11.3 Å². The molecule has 2 aliphatic rings. The van der Waals surface area contributed by atoms with Crippen molar-refractivity contribution in [1.82, 2.24) is 4.98 Å². The number of thiazole rings is 1. The molecule has 0 spiro atoms. The number of nitrogens with zero attached hydrogens (tertiary/aromatic N) is 1. The third-order valence-corrected chi connectivity index (χ3v) is 4.74. The lowest BCUT2D eigenvalue weighted by Gasteiger charge is -2.22. The van der Waals surface area contributed by atoms with Crippen molar-refractivity contribution in [3.05, 3.63) is 10.6 Å². The van der Waals surface area contributed by atoms with Gasteiger partial charge in [-0.2, -0.15) is 0 Å². The van der Waals surface area contributed by atoms with Crippen LogP contribution >= 0.6 is 11.3 Å². The highest BCUT2D eigenvalue weighted by Crippen LogP contribution is 2.38. The van der Waals surface area contributed by atoms with Crippen LogP contribution in [0.3, 0.4) is 0 Å². The Balaban J connectivity index is 1.59. The van der Waals surface area contributed by atoms with Crippen LogP contribution in [0.4, 0.5) is 5.13 Å². The molecule has 2 atom stereocenters. The smallest absolute Gasteiger partial charge is 0.315 e. The van der Waals surface area contributed by atoms with Gasteiger partial charge < -0.3 is 19.5 Å². The summed E-state index contributed by atoms with van der Waals surface area (Å²) in [7, 11) is 0. The highest BCUT2D eigenvalue weighted by molar-refractivity contribution is 7.15. The van der Waals surface area contributed by atoms with Crippen LogP contribution in [-0.2, 0) is 25.4 Å². The molecular formula is C14H20N2O4S. The average molecular weight is 312 g/mol. The lowest BCUT2D eigenvalue weighted by molar-refractivity contribution is -0.145. The zero-order chi connectivity index (χ0) is 14.7. The largest absolute Gasteiger partial charge is 0.465 e. The van der Waals surface area contributed by atoms with Crippen LogP contribution in [0.15, 0.2) is 0 Å². The highest BCUT2D eigenvalue weighted by atomic mass is 32.1. The van der Waals surface area contributed by atoms with E-state index in [1.54, 1.807) is 11.3 Å². The molecule has 1 aromatic rings. The molecule has 2 heterocycles. The first kappa shape index (κ1) is 14.7. The maximum absolute atomic E-state index is 11.9. The van der Waals surface area contributed by atoms with Crippen LogP contribution < -0.4 is 5.32 Å². The van der Waals surface area contributed by atoms with E-state index < -0.39 is 0 Å². The number of aromatic nitrogens is 1. The lowest BCUT2D eigenvalue weighted by atomic mass is 10.1. The average Bonchev–Trinajstić information content (AvgIpc) is 3.06. The molecule has 1 fully saturated rings. The van der Waals surface area contributed by atoms with Gasteiger partial charge in [0.2, 0.25) is 0 Å². The standard InChI is InChI=1S/C14H20N2O4S/c1-2-19-13(17)10-3-4-11-12(10)16-14(21-11)15-7-9-8-18-5-6-20-9/h9-10H,2-8H2,1H3,(H,15,16). The van der Waals surface area contributed by atoms with Crippen molar-refractivity contribution in [3.63, 3.8) is 0 Å². The molecule has 1 saturated heterocycles. The number of aryl methyl sites for hydroxylation is 1. The molecular weight excluding hydrogens is 292 g/mol. The van der Waals surface area contributed by atoms with E-state index in [9.17, 15) is 4.79 Å². The van der Waals surface area contributed by atoms with E-state index in [-0.39, 0.29) is 18.0 Å². The molecule has 1 N–H and O–H groups in total. The van der Waals surface area contributed by atoms with Gasteiger partial charge in [-0.05, 0) is 19.8 Å². The SMILES string of the molecule is CCOC(=O)C1CCc2sc(NCC3COCCO3)nc21. The monoisotopic (exact) mass is 312 g/mol. The Morgan fingerprint density at radius 2 is 2.43 bits per heavy atom. The molecule has 7 heteroatoms. The van der Waals surface area contributed by atoms with Crippen LogP contribution in [0.25, 0.3) is 0 Å².